The van der Waals surface area contributed by atoms with Gasteiger partial charge < -0.3 is 8.83 Å². The molecule has 0 aliphatic heterocycles. The van der Waals surface area contributed by atoms with Crippen LogP contribution in [0.25, 0.3) is 66.1 Å². The van der Waals surface area contributed by atoms with E-state index in [9.17, 15) is 0 Å². The lowest BCUT2D eigenvalue weighted by molar-refractivity contribution is 0.649. The van der Waals surface area contributed by atoms with Gasteiger partial charge in [-0.25, -0.2) is 0 Å². The van der Waals surface area contributed by atoms with Crippen molar-refractivity contribution in [3.63, 3.8) is 0 Å². The van der Waals surface area contributed by atoms with E-state index in [-0.39, 0.29) is 10.8 Å². The van der Waals surface area contributed by atoms with Gasteiger partial charge in [0.15, 0.2) is 0 Å². The minimum atomic E-state index is -0.133. The number of benzene rings is 5. The van der Waals surface area contributed by atoms with Gasteiger partial charge in [-0.05, 0) is 69.3 Å². The highest BCUT2D eigenvalue weighted by Gasteiger charge is 2.43. The van der Waals surface area contributed by atoms with E-state index in [1.807, 2.05) is 6.07 Å². The van der Waals surface area contributed by atoms with Crippen LogP contribution in [0, 0.1) is 0 Å². The summed E-state index contributed by atoms with van der Waals surface area (Å²) < 4.78 is 12.9. The van der Waals surface area contributed by atoms with Crippen LogP contribution in [0.4, 0.5) is 0 Å². The van der Waals surface area contributed by atoms with Crippen LogP contribution in [-0.2, 0) is 10.8 Å². The van der Waals surface area contributed by atoms with Crippen molar-refractivity contribution in [2.24, 2.45) is 0 Å². The van der Waals surface area contributed by atoms with E-state index in [2.05, 4.69) is 107 Å². The topological polar surface area (TPSA) is 26.3 Å². The Morgan fingerprint density at radius 3 is 1.79 bits per heavy atom. The van der Waals surface area contributed by atoms with Gasteiger partial charge in [-0.15, -0.1) is 0 Å². The summed E-state index contributed by atoms with van der Waals surface area (Å²) in [6, 6.07) is 30.8. The van der Waals surface area contributed by atoms with Gasteiger partial charge in [0, 0.05) is 37.9 Å². The van der Waals surface area contributed by atoms with Crippen molar-refractivity contribution >= 4 is 43.9 Å². The summed E-state index contributed by atoms with van der Waals surface area (Å²) in [6.45, 7) is 9.43. The Balaban J connectivity index is 1.41. The zero-order valence-corrected chi connectivity index (χ0v) is 21.9. The van der Waals surface area contributed by atoms with Crippen molar-refractivity contribution in [1.82, 2.24) is 0 Å². The van der Waals surface area contributed by atoms with E-state index in [1.165, 1.54) is 66.1 Å². The van der Waals surface area contributed by atoms with Crippen LogP contribution in [0.5, 0.6) is 0 Å². The fourth-order valence-electron chi connectivity index (χ4n) is 7.53. The Kier molecular flexibility index (Phi) is 3.49. The van der Waals surface area contributed by atoms with Crippen LogP contribution in [0.15, 0.2) is 93.8 Å². The van der Waals surface area contributed by atoms with Gasteiger partial charge >= 0.3 is 0 Å². The average Bonchev–Trinajstić information content (AvgIpc) is 3.60. The number of furan rings is 2. The summed E-state index contributed by atoms with van der Waals surface area (Å²) in [6.07, 6.45) is 0. The van der Waals surface area contributed by atoms with Crippen molar-refractivity contribution in [3.8, 4) is 22.3 Å². The highest BCUT2D eigenvalue weighted by atomic mass is 16.3. The predicted octanol–water partition coefficient (Wildman–Crippen LogP) is 10.1. The first-order valence-electron chi connectivity index (χ1n) is 13.4. The molecule has 182 valence electrons. The van der Waals surface area contributed by atoms with Crippen LogP contribution in [0.3, 0.4) is 0 Å². The maximum atomic E-state index is 6.56. The van der Waals surface area contributed by atoms with Crippen molar-refractivity contribution < 1.29 is 8.83 Å². The molecule has 2 heterocycles. The first kappa shape index (κ1) is 20.7. The molecule has 9 rings (SSSR count). The third kappa shape index (κ3) is 2.23. The minimum absolute atomic E-state index is 0.124. The molecule has 0 bridgehead atoms. The largest absolute Gasteiger partial charge is 0.456 e. The molecule has 2 nitrogen and oxygen atoms in total. The monoisotopic (exact) mass is 490 g/mol. The molecule has 38 heavy (non-hydrogen) atoms. The normalized spacial score (nSPS) is 16.3. The molecule has 2 heteroatoms. The van der Waals surface area contributed by atoms with Crippen molar-refractivity contribution in [2.75, 3.05) is 0 Å². The molecule has 0 saturated carbocycles. The summed E-state index contributed by atoms with van der Waals surface area (Å²) in [5, 5.41) is 4.80. The molecule has 0 amide bonds. The molecular weight excluding hydrogens is 464 g/mol. The molecule has 2 aromatic heterocycles. The second kappa shape index (κ2) is 6.39. The molecule has 0 saturated heterocycles. The van der Waals surface area contributed by atoms with Crippen LogP contribution in [0.2, 0.25) is 0 Å². The van der Waals surface area contributed by atoms with Gasteiger partial charge in [-0.1, -0.05) is 82.3 Å². The van der Waals surface area contributed by atoms with Gasteiger partial charge in [-0.2, -0.15) is 0 Å². The number of rotatable bonds is 0. The highest BCUT2D eigenvalue weighted by Crippen LogP contribution is 2.59. The highest BCUT2D eigenvalue weighted by molar-refractivity contribution is 6.16. The summed E-state index contributed by atoms with van der Waals surface area (Å²) in [5.74, 6) is 0. The molecule has 2 aliphatic carbocycles. The maximum Gasteiger partial charge on any atom is 0.143 e. The van der Waals surface area contributed by atoms with Gasteiger partial charge in [0.1, 0.15) is 22.3 Å². The number of fused-ring (bicyclic) bond motifs is 14. The Morgan fingerprint density at radius 2 is 1.05 bits per heavy atom. The Hall–Kier alpha value is -4.30. The molecule has 0 N–H and O–H groups in total. The smallest absolute Gasteiger partial charge is 0.143 e. The van der Waals surface area contributed by atoms with Crippen molar-refractivity contribution in [3.05, 3.63) is 107 Å². The Bertz CT molecular complexity index is 2180. The molecular formula is C36H26O2. The molecule has 0 radical (unpaired) electrons. The standard InChI is InChI=1S/C36H26O2/c1-35(2)24-15-16-30-33(21-10-6-8-12-29(21)37-30)31(24)22-17-27-23(18-26(22)35)32-25(36(27,3)4)14-13-20-19-9-5-7-11-28(19)38-34(20)32/h5-18H,1-4H3. The van der Waals surface area contributed by atoms with E-state index in [1.54, 1.807) is 0 Å². The molecule has 2 aliphatic rings. The number of para-hydroxylation sites is 2. The van der Waals surface area contributed by atoms with Gasteiger partial charge in [-0.3, -0.25) is 0 Å². The molecule has 0 fully saturated rings. The predicted molar refractivity (Wildman–Crippen MR) is 156 cm³/mol. The third-order valence-corrected chi connectivity index (χ3v) is 9.48. The minimum Gasteiger partial charge on any atom is -0.456 e. The second-order valence-corrected chi connectivity index (χ2v) is 12.1. The third-order valence-electron chi connectivity index (χ3n) is 9.48. The average molecular weight is 491 g/mol. The van der Waals surface area contributed by atoms with E-state index >= 15 is 0 Å². The lowest BCUT2D eigenvalue weighted by Gasteiger charge is -2.24. The lowest BCUT2D eigenvalue weighted by Crippen LogP contribution is -2.16. The van der Waals surface area contributed by atoms with E-state index in [0.29, 0.717) is 0 Å². The SMILES string of the molecule is CC1(C)c2cc3c(cc2-c2c1ccc1c2oc2ccccc21)C(C)(C)c1ccc2oc4ccccc4c2c1-3. The molecule has 7 aromatic rings. The van der Waals surface area contributed by atoms with Crippen LogP contribution < -0.4 is 0 Å². The van der Waals surface area contributed by atoms with Crippen LogP contribution in [-0.4, -0.2) is 0 Å². The van der Waals surface area contributed by atoms with Gasteiger partial charge in [0.25, 0.3) is 0 Å². The molecule has 0 atom stereocenters. The Morgan fingerprint density at radius 1 is 0.474 bits per heavy atom. The van der Waals surface area contributed by atoms with E-state index < -0.39 is 0 Å². The molecule has 0 unspecified atom stereocenters. The Labute approximate surface area is 220 Å². The summed E-state index contributed by atoms with van der Waals surface area (Å²) in [7, 11) is 0. The first-order valence-corrected chi connectivity index (χ1v) is 13.4. The van der Waals surface area contributed by atoms with E-state index in [0.717, 1.165) is 22.3 Å². The fourth-order valence-corrected chi connectivity index (χ4v) is 7.53. The summed E-state index contributed by atoms with van der Waals surface area (Å²) >= 11 is 0. The first-order chi connectivity index (χ1) is 18.4. The zero-order chi connectivity index (χ0) is 25.6. The summed E-state index contributed by atoms with van der Waals surface area (Å²) in [4.78, 5) is 0. The van der Waals surface area contributed by atoms with Crippen LogP contribution >= 0.6 is 0 Å². The van der Waals surface area contributed by atoms with Gasteiger partial charge in [0.2, 0.25) is 0 Å². The number of hydrogen-bond donors (Lipinski definition) is 0. The van der Waals surface area contributed by atoms with Crippen LogP contribution in [0.1, 0.15) is 49.9 Å². The second-order valence-electron chi connectivity index (χ2n) is 12.1. The summed E-state index contributed by atoms with van der Waals surface area (Å²) in [5.41, 5.74) is 14.3. The quantitative estimate of drug-likeness (QED) is 0.211. The van der Waals surface area contributed by atoms with Crippen molar-refractivity contribution in [1.29, 1.82) is 0 Å². The zero-order valence-electron chi connectivity index (χ0n) is 21.9. The maximum absolute atomic E-state index is 6.56. The van der Waals surface area contributed by atoms with Crippen molar-refractivity contribution in [2.45, 2.75) is 38.5 Å². The number of hydrogen-bond acceptors (Lipinski definition) is 2. The molecule has 5 aromatic carbocycles. The lowest BCUT2D eigenvalue weighted by atomic mass is 9.79. The fraction of sp³-hybridized carbons (Fsp3) is 0.167. The molecule has 0 spiro atoms. The van der Waals surface area contributed by atoms with E-state index in [4.69, 9.17) is 8.83 Å². The van der Waals surface area contributed by atoms with Gasteiger partial charge in [0.05, 0.1) is 0 Å².